The molecule has 10 nitrogen and oxygen atoms in total. The highest BCUT2D eigenvalue weighted by molar-refractivity contribution is 7.99. The maximum atomic E-state index is 12.7. The third kappa shape index (κ3) is 5.54. The highest BCUT2D eigenvalue weighted by atomic mass is 32.2. The minimum Gasteiger partial charge on any atom is -0.468 e. The van der Waals surface area contributed by atoms with Crippen molar-refractivity contribution in [3.63, 3.8) is 0 Å². The molecule has 0 aliphatic carbocycles. The van der Waals surface area contributed by atoms with Crippen molar-refractivity contribution < 1.29 is 14.0 Å². The van der Waals surface area contributed by atoms with E-state index in [1.165, 1.54) is 16.4 Å². The van der Waals surface area contributed by atoms with E-state index in [2.05, 4.69) is 31.1 Å². The van der Waals surface area contributed by atoms with Crippen LogP contribution >= 0.6 is 11.8 Å². The number of nitrogens with zero attached hydrogens (tertiary/aromatic N) is 5. The number of hydrogen-bond donors (Lipinski definition) is 2. The van der Waals surface area contributed by atoms with E-state index in [0.29, 0.717) is 23.0 Å². The van der Waals surface area contributed by atoms with Gasteiger partial charge in [0.15, 0.2) is 0 Å². The first kappa shape index (κ1) is 22.0. The summed E-state index contributed by atoms with van der Waals surface area (Å²) in [6, 6.07) is 10.7. The number of furan rings is 1. The highest BCUT2D eigenvalue weighted by Crippen LogP contribution is 2.25. The van der Waals surface area contributed by atoms with Gasteiger partial charge in [-0.3, -0.25) is 14.5 Å². The molecule has 11 heteroatoms. The van der Waals surface area contributed by atoms with Crippen LogP contribution in [0.5, 0.6) is 0 Å². The van der Waals surface area contributed by atoms with E-state index in [1.807, 2.05) is 12.1 Å². The second-order valence-corrected chi connectivity index (χ2v) is 8.43. The van der Waals surface area contributed by atoms with E-state index < -0.39 is 0 Å². The normalized spacial score (nSPS) is 14.9. The van der Waals surface area contributed by atoms with Crippen molar-refractivity contribution >= 4 is 29.3 Å². The average molecular weight is 456 g/mol. The topological polar surface area (TPSA) is 118 Å². The lowest BCUT2D eigenvalue weighted by molar-refractivity contribution is -0.113. The number of aromatic nitrogens is 4. The molecule has 2 amide bonds. The van der Waals surface area contributed by atoms with Gasteiger partial charge >= 0.3 is 0 Å². The molecule has 3 aromatic rings. The van der Waals surface area contributed by atoms with Crippen LogP contribution < -0.4 is 10.6 Å². The summed E-state index contributed by atoms with van der Waals surface area (Å²) in [6.07, 6.45) is 3.98. The van der Waals surface area contributed by atoms with Crippen molar-refractivity contribution in [2.45, 2.75) is 24.0 Å². The summed E-state index contributed by atoms with van der Waals surface area (Å²) in [7, 11) is 1.71. The van der Waals surface area contributed by atoms with Gasteiger partial charge in [-0.25, -0.2) is 4.68 Å². The molecule has 1 saturated heterocycles. The summed E-state index contributed by atoms with van der Waals surface area (Å²) >= 11 is 1.25. The van der Waals surface area contributed by atoms with Crippen molar-refractivity contribution in [2.75, 3.05) is 30.7 Å². The predicted molar refractivity (Wildman–Crippen MR) is 119 cm³/mol. The molecule has 0 spiro atoms. The number of anilines is 1. The Hall–Kier alpha value is -3.18. The Balaban J connectivity index is 1.28. The summed E-state index contributed by atoms with van der Waals surface area (Å²) in [5.41, 5.74) is 1.15. The predicted octanol–water partition coefficient (Wildman–Crippen LogP) is 2.10. The maximum Gasteiger partial charge on any atom is 0.251 e. The number of thioether (sulfide) groups is 1. The molecule has 1 aromatic carbocycles. The third-order valence-corrected chi connectivity index (χ3v) is 6.26. The van der Waals surface area contributed by atoms with Gasteiger partial charge in [-0.15, -0.1) is 5.10 Å². The van der Waals surface area contributed by atoms with E-state index in [9.17, 15) is 9.59 Å². The van der Waals surface area contributed by atoms with E-state index in [1.54, 1.807) is 37.6 Å². The molecular weight excluding hydrogens is 430 g/mol. The Morgan fingerprint density at radius 2 is 1.97 bits per heavy atom. The summed E-state index contributed by atoms with van der Waals surface area (Å²) in [4.78, 5) is 27.2. The molecule has 2 aromatic heterocycles. The molecule has 0 saturated carbocycles. The van der Waals surface area contributed by atoms with Crippen LogP contribution in [-0.4, -0.2) is 62.3 Å². The molecule has 1 fully saturated rings. The number of hydrogen-bond acceptors (Lipinski definition) is 8. The number of nitrogens with one attached hydrogen (secondary N) is 2. The van der Waals surface area contributed by atoms with E-state index in [-0.39, 0.29) is 23.6 Å². The third-order valence-electron chi connectivity index (χ3n) is 5.25. The lowest BCUT2D eigenvalue weighted by Crippen LogP contribution is -2.36. The monoisotopic (exact) mass is 455 g/mol. The molecule has 1 aliphatic rings. The second kappa shape index (κ2) is 10.4. The van der Waals surface area contributed by atoms with Crippen LogP contribution in [-0.2, 0) is 11.8 Å². The number of carbonyl (C=O) groups is 2. The number of amides is 2. The van der Waals surface area contributed by atoms with Crippen molar-refractivity contribution in [3.05, 3.63) is 54.0 Å². The first-order chi connectivity index (χ1) is 15.6. The number of carbonyl (C=O) groups excluding carboxylic acids is 2. The van der Waals surface area contributed by atoms with Gasteiger partial charge in [0.25, 0.3) is 5.91 Å². The van der Waals surface area contributed by atoms with Crippen molar-refractivity contribution in [2.24, 2.45) is 7.05 Å². The largest absolute Gasteiger partial charge is 0.468 e. The van der Waals surface area contributed by atoms with Crippen molar-refractivity contribution in [3.8, 4) is 0 Å². The molecule has 1 unspecified atom stereocenters. The van der Waals surface area contributed by atoms with Gasteiger partial charge in [-0.2, -0.15) is 0 Å². The Morgan fingerprint density at radius 3 is 2.62 bits per heavy atom. The van der Waals surface area contributed by atoms with Gasteiger partial charge in [0.1, 0.15) is 5.76 Å². The van der Waals surface area contributed by atoms with Gasteiger partial charge < -0.3 is 15.1 Å². The average Bonchev–Trinajstić information content (AvgIpc) is 3.57. The van der Waals surface area contributed by atoms with E-state index in [4.69, 9.17) is 4.42 Å². The standard InChI is InChI=1S/C21H25N7O3S/c1-27-21(24-25-26-27)32-14-19(29)23-16-8-6-15(7-9-16)20(30)22-13-17(18-5-4-12-31-18)28-10-2-3-11-28/h4-9,12,17H,2-3,10-11,13-14H2,1H3,(H,22,30)(H,23,29). The Labute approximate surface area is 189 Å². The summed E-state index contributed by atoms with van der Waals surface area (Å²) < 4.78 is 7.11. The van der Waals surface area contributed by atoms with Crippen LogP contribution in [0.2, 0.25) is 0 Å². The Kier molecular flexibility index (Phi) is 7.17. The maximum absolute atomic E-state index is 12.7. The van der Waals surface area contributed by atoms with Crippen LogP contribution in [0.3, 0.4) is 0 Å². The van der Waals surface area contributed by atoms with Crippen LogP contribution in [0.4, 0.5) is 5.69 Å². The zero-order chi connectivity index (χ0) is 22.3. The molecule has 0 radical (unpaired) electrons. The molecule has 32 heavy (non-hydrogen) atoms. The minimum absolute atomic E-state index is 0.0247. The molecular formula is C21H25N7O3S. The molecule has 3 heterocycles. The van der Waals surface area contributed by atoms with Gasteiger partial charge in [0.2, 0.25) is 11.1 Å². The second-order valence-electron chi connectivity index (χ2n) is 7.48. The molecule has 168 valence electrons. The van der Waals surface area contributed by atoms with Crippen LogP contribution in [0.25, 0.3) is 0 Å². The molecule has 4 rings (SSSR count). The molecule has 1 aliphatic heterocycles. The van der Waals surface area contributed by atoms with Gasteiger partial charge in [-0.1, -0.05) is 11.8 Å². The summed E-state index contributed by atoms with van der Waals surface area (Å²) in [6.45, 7) is 2.47. The van der Waals surface area contributed by atoms with Gasteiger partial charge in [0.05, 0.1) is 18.1 Å². The smallest absolute Gasteiger partial charge is 0.251 e. The number of aryl methyl sites for hydroxylation is 1. The number of likely N-dealkylation sites (tertiary alicyclic amines) is 1. The highest BCUT2D eigenvalue weighted by Gasteiger charge is 2.26. The molecule has 1 atom stereocenters. The Bertz CT molecular complexity index is 1030. The zero-order valence-corrected chi connectivity index (χ0v) is 18.5. The zero-order valence-electron chi connectivity index (χ0n) is 17.7. The Morgan fingerprint density at radius 1 is 1.19 bits per heavy atom. The van der Waals surface area contributed by atoms with Crippen LogP contribution in [0.15, 0.2) is 52.2 Å². The quantitative estimate of drug-likeness (QED) is 0.471. The van der Waals surface area contributed by atoms with Crippen molar-refractivity contribution in [1.82, 2.24) is 30.4 Å². The number of benzene rings is 1. The lowest BCUT2D eigenvalue weighted by atomic mass is 10.1. The SMILES string of the molecule is Cn1nnnc1SCC(=O)Nc1ccc(C(=O)NCC(c2ccco2)N2CCCC2)cc1. The van der Waals surface area contributed by atoms with E-state index >= 15 is 0 Å². The fraction of sp³-hybridized carbons (Fsp3) is 0.381. The fourth-order valence-corrected chi connectivity index (χ4v) is 4.26. The first-order valence-corrected chi connectivity index (χ1v) is 11.4. The van der Waals surface area contributed by atoms with Gasteiger partial charge in [0, 0.05) is 24.8 Å². The van der Waals surface area contributed by atoms with E-state index in [0.717, 1.165) is 31.7 Å². The first-order valence-electron chi connectivity index (χ1n) is 10.4. The van der Waals surface area contributed by atoms with Crippen LogP contribution in [0.1, 0.15) is 35.0 Å². The molecule has 2 N–H and O–H groups in total. The minimum atomic E-state index is -0.179. The fourth-order valence-electron chi connectivity index (χ4n) is 3.61. The molecule has 0 bridgehead atoms. The van der Waals surface area contributed by atoms with Crippen molar-refractivity contribution in [1.29, 1.82) is 0 Å². The number of rotatable bonds is 9. The van der Waals surface area contributed by atoms with Crippen LogP contribution in [0, 0.1) is 0 Å². The summed E-state index contributed by atoms with van der Waals surface area (Å²) in [5, 5.41) is 17.5. The lowest BCUT2D eigenvalue weighted by Gasteiger charge is -2.26. The van der Waals surface area contributed by atoms with Gasteiger partial charge in [-0.05, 0) is 72.8 Å². The summed E-state index contributed by atoms with van der Waals surface area (Å²) in [5.74, 6) is 0.701. The number of tetrazole rings is 1.